The highest BCUT2D eigenvalue weighted by molar-refractivity contribution is 5.74. The fourth-order valence-corrected chi connectivity index (χ4v) is 12.1. The summed E-state index contributed by atoms with van der Waals surface area (Å²) in [6.45, 7) is -6.67. The van der Waals surface area contributed by atoms with Crippen LogP contribution in [0.5, 0.6) is 0 Å². The van der Waals surface area contributed by atoms with E-state index in [0.29, 0.717) is 0 Å². The van der Waals surface area contributed by atoms with Crippen LogP contribution < -0.4 is 16.0 Å². The zero-order chi connectivity index (χ0) is 72.6. The van der Waals surface area contributed by atoms with Gasteiger partial charge in [-0.15, -0.1) is 0 Å². The van der Waals surface area contributed by atoms with Gasteiger partial charge in [-0.1, -0.05) is 0 Å². The molecule has 7 heterocycles. The second kappa shape index (κ2) is 36.5. The van der Waals surface area contributed by atoms with Gasteiger partial charge in [-0.05, 0) is 0 Å². The van der Waals surface area contributed by atoms with Crippen molar-refractivity contribution in [1.29, 1.82) is 0 Å². The molecule has 0 aromatic heterocycles. The van der Waals surface area contributed by atoms with Crippen LogP contribution in [-0.2, 0) is 80.7 Å². The molecule has 98 heavy (non-hydrogen) atoms. The molecular formula is C54H93N3O41. The molecule has 0 radical (unpaired) electrons. The number of amides is 3. The van der Waals surface area contributed by atoms with Crippen LogP contribution in [0.4, 0.5) is 0 Å². The van der Waals surface area contributed by atoms with Crippen molar-refractivity contribution >= 4 is 17.7 Å². The normalized spacial score (nSPS) is 46.1. The first-order chi connectivity index (χ1) is 46.3. The molecule has 44 nitrogen and oxygen atoms in total. The second-order valence-electron chi connectivity index (χ2n) is 24.4. The van der Waals surface area contributed by atoms with Crippen molar-refractivity contribution < 1.29 is 203 Å². The predicted molar refractivity (Wildman–Crippen MR) is 301 cm³/mol. The second-order valence-corrected chi connectivity index (χ2v) is 24.4. The van der Waals surface area contributed by atoms with Crippen LogP contribution in [0.2, 0.25) is 0 Å². The molecule has 0 saturated carbocycles. The van der Waals surface area contributed by atoms with Gasteiger partial charge in [0.2, 0.25) is 17.7 Å². The van der Waals surface area contributed by atoms with Gasteiger partial charge in [0.15, 0.2) is 44.0 Å². The molecule has 0 spiro atoms. The zero-order valence-corrected chi connectivity index (χ0v) is 52.6. The van der Waals surface area contributed by atoms with E-state index in [2.05, 4.69) is 16.0 Å². The van der Waals surface area contributed by atoms with Gasteiger partial charge in [-0.25, -0.2) is 0 Å². The summed E-state index contributed by atoms with van der Waals surface area (Å²) in [5.74, 6) is -2.61. The first-order valence-electron chi connectivity index (χ1n) is 31.0. The molecule has 7 rings (SSSR count). The monoisotopic (exact) mass is 1440 g/mol. The molecule has 7 aliphatic heterocycles. The van der Waals surface area contributed by atoms with Crippen molar-refractivity contribution in [3.8, 4) is 0 Å². The number of rotatable bonds is 29. The van der Waals surface area contributed by atoms with Crippen LogP contribution in [0.15, 0.2) is 0 Å². The van der Waals surface area contributed by atoms with E-state index in [4.69, 9.17) is 66.3 Å². The van der Waals surface area contributed by atoms with Crippen molar-refractivity contribution in [2.24, 2.45) is 0 Å². The summed E-state index contributed by atoms with van der Waals surface area (Å²) in [5.41, 5.74) is 0. The maximum atomic E-state index is 12.8. The average molecular weight is 1440 g/mol. The van der Waals surface area contributed by atoms with E-state index in [1.165, 1.54) is 0 Å². The van der Waals surface area contributed by atoms with Crippen LogP contribution in [-0.4, -0.2) is 439 Å². The fraction of sp³-hybridized carbons (Fsp3) is 0.944. The topological polar surface area (TPSA) is 702 Å². The average Bonchev–Trinajstić information content (AvgIpc) is 0.776. The van der Waals surface area contributed by atoms with Crippen molar-refractivity contribution in [2.75, 3.05) is 59.5 Å². The minimum Gasteiger partial charge on any atom is -0.394 e. The van der Waals surface area contributed by atoms with Crippen LogP contribution in [0.3, 0.4) is 0 Å². The molecule has 0 aromatic rings. The summed E-state index contributed by atoms with van der Waals surface area (Å²) in [7, 11) is 0. The lowest BCUT2D eigenvalue weighted by Gasteiger charge is -2.50. The number of carbonyl (C=O) groups excluding carboxylic acids is 3. The summed E-state index contributed by atoms with van der Waals surface area (Å²) in [4.78, 5) is 37.2. The first-order valence-corrected chi connectivity index (χ1v) is 31.0. The summed E-state index contributed by atoms with van der Waals surface area (Å²) in [5, 5.41) is 269. The quantitative estimate of drug-likeness (QED) is 0.0331. The lowest BCUT2D eigenvalue weighted by atomic mass is 9.94. The number of ether oxygens (including phenoxy) is 14. The Hall–Kier alpha value is -3.11. The van der Waals surface area contributed by atoms with Gasteiger partial charge < -0.3 is 205 Å². The molecule has 0 aliphatic carbocycles. The summed E-state index contributed by atoms with van der Waals surface area (Å²) in [6.07, 6.45) is -75.2. The van der Waals surface area contributed by atoms with E-state index in [-0.39, 0.29) is 0 Å². The van der Waals surface area contributed by atoms with Crippen molar-refractivity contribution in [2.45, 2.75) is 260 Å². The van der Waals surface area contributed by atoms with E-state index in [0.717, 1.165) is 20.8 Å². The molecule has 39 atom stereocenters. The number of aliphatic hydroxyl groups excluding tert-OH is 24. The molecule has 7 unspecified atom stereocenters. The Balaban J connectivity index is 1.26. The van der Waals surface area contributed by atoms with Gasteiger partial charge in [-0.2, -0.15) is 0 Å². The fourth-order valence-electron chi connectivity index (χ4n) is 12.1. The maximum Gasteiger partial charge on any atom is 0.217 e. The smallest absolute Gasteiger partial charge is 0.217 e. The van der Waals surface area contributed by atoms with Gasteiger partial charge in [-0.3, -0.25) is 14.4 Å². The van der Waals surface area contributed by atoms with E-state index in [9.17, 15) is 137 Å². The highest BCUT2D eigenvalue weighted by Crippen LogP contribution is 2.38. The van der Waals surface area contributed by atoms with Crippen molar-refractivity contribution in [3.63, 3.8) is 0 Å². The lowest BCUT2D eigenvalue weighted by molar-refractivity contribution is -0.395. The van der Waals surface area contributed by atoms with Gasteiger partial charge in [0.25, 0.3) is 0 Å². The molecule has 570 valence electrons. The van der Waals surface area contributed by atoms with E-state index < -0.39 is 316 Å². The highest BCUT2D eigenvalue weighted by atomic mass is 16.8. The van der Waals surface area contributed by atoms with Crippen molar-refractivity contribution in [1.82, 2.24) is 16.0 Å². The predicted octanol–water partition coefficient (Wildman–Crippen LogP) is -18.4. The Labute approximate surface area is 555 Å². The molecule has 7 fully saturated rings. The third-order valence-corrected chi connectivity index (χ3v) is 17.5. The number of hydrogen-bond donors (Lipinski definition) is 27. The van der Waals surface area contributed by atoms with Gasteiger partial charge in [0, 0.05) is 20.8 Å². The zero-order valence-electron chi connectivity index (χ0n) is 52.6. The number of aliphatic hydroxyl groups is 24. The Morgan fingerprint density at radius 1 is 0.347 bits per heavy atom. The van der Waals surface area contributed by atoms with Gasteiger partial charge in [0.05, 0.1) is 65.5 Å². The summed E-state index contributed by atoms with van der Waals surface area (Å²) >= 11 is 0. The minimum absolute atomic E-state index is 0.794. The molecule has 27 N–H and O–H groups in total. The molecular weight excluding hydrogens is 1350 g/mol. The van der Waals surface area contributed by atoms with Gasteiger partial charge >= 0.3 is 0 Å². The van der Waals surface area contributed by atoms with Crippen LogP contribution in [0, 0.1) is 0 Å². The van der Waals surface area contributed by atoms with Gasteiger partial charge in [0.1, 0.15) is 189 Å². The molecule has 3 amide bonds. The van der Waals surface area contributed by atoms with E-state index >= 15 is 0 Å². The molecule has 44 heteroatoms. The summed E-state index contributed by atoms with van der Waals surface area (Å²) < 4.78 is 81.7. The lowest BCUT2D eigenvalue weighted by Crippen LogP contribution is -2.70. The van der Waals surface area contributed by atoms with Crippen LogP contribution >= 0.6 is 0 Å². The standard InChI is InChI=1S/C54H93N3O41/c1-13(65)55-16(4-58)27(69)43(17(68)5-59)94-49-26(57-15(3)67)35(77)44(22(10-64)91-49)95-53-42(84)46(97-54-47(38(80)31(73)21(9-63)90-54)98-48-25(56-14(2)66)34(76)28(70)18(6-60)87-48)33(75)24(93-53)12-86-51-41(83)45(96-52-40(82)37(79)30(72)20(8-62)89-52)32(74)23(92-51)11-85-50-39(81)36(78)29(71)19(7-61)88-50/h16-54,58-64,68-84H,4-12H2,1-3H3,(H,55,65)(H,56,66)(H,57,67)/t16-,17+,18+,19+,20+,21+,22+,23+,24+,25+,26+,27+,28+,29+,30+,31+,32+,33+,34+,35+,36-,37-,38-,39-,40-,41-,42-,43+,44+,45-,46-,47-,48?,49?,50?,51?,52?,53?,54?/m0/s1. The highest BCUT2D eigenvalue weighted by Gasteiger charge is 2.59. The van der Waals surface area contributed by atoms with Crippen LogP contribution in [0.25, 0.3) is 0 Å². The Morgan fingerprint density at radius 3 is 1.19 bits per heavy atom. The Bertz CT molecular complexity index is 2460. The van der Waals surface area contributed by atoms with Crippen molar-refractivity contribution in [3.05, 3.63) is 0 Å². The number of nitrogens with one attached hydrogen (secondary N) is 3. The minimum atomic E-state index is -2.52. The number of carbonyl (C=O) groups is 3. The third-order valence-electron chi connectivity index (χ3n) is 17.5. The molecule has 0 aromatic carbocycles. The molecule has 7 aliphatic rings. The summed E-state index contributed by atoms with van der Waals surface area (Å²) in [6, 6.07) is -5.33. The number of hydrogen-bond acceptors (Lipinski definition) is 41. The first kappa shape index (κ1) is 82.2. The Morgan fingerprint density at radius 2 is 0.714 bits per heavy atom. The molecule has 0 bridgehead atoms. The van der Waals surface area contributed by atoms with E-state index in [1.807, 2.05) is 0 Å². The Kier molecular flexibility index (Phi) is 30.6. The van der Waals surface area contributed by atoms with Crippen LogP contribution in [0.1, 0.15) is 20.8 Å². The maximum absolute atomic E-state index is 12.8. The van der Waals surface area contributed by atoms with E-state index in [1.54, 1.807) is 0 Å². The third kappa shape index (κ3) is 18.7. The SMILES string of the molecule is CC(=O)N[C@@H](CO)[C@@H](O)[C@H](OC1O[C@H](CO)[C@@H](OC2O[C@H](COC3O[C@H](COC4O[C@H](CO)[C@@H](O)[C@H](O)[C@@H]4O)[C@@H](O)[C@H](OC4O[C@H](CO)[C@@H](O)[C@H](O)[C@@H]4O)[C@@H]3O)[C@@H](O)[C@H](OC3O[C@H](CO)[C@@H](O)[C@H](O)[C@@H]3OC3O[C@H](CO)[C@@H](O)[C@H](O)[C@H]3NC(C)=O)[C@@H]2O)[C@H](O)[C@H]1NC(C)=O)[C@H](O)CO. The molecule has 7 saturated heterocycles. The largest absolute Gasteiger partial charge is 0.394 e.